The Morgan fingerprint density at radius 3 is 2.82 bits per heavy atom. The SMILES string of the molecule is CNCCCCOC(=O)CO. The van der Waals surface area contributed by atoms with Gasteiger partial charge in [-0.3, -0.25) is 0 Å². The van der Waals surface area contributed by atoms with Gasteiger partial charge in [0.2, 0.25) is 0 Å². The Hall–Kier alpha value is -0.610. The number of nitrogens with one attached hydrogen (secondary N) is 1. The summed E-state index contributed by atoms with van der Waals surface area (Å²) in [5.41, 5.74) is 0. The van der Waals surface area contributed by atoms with E-state index in [2.05, 4.69) is 10.1 Å². The number of hydrogen-bond acceptors (Lipinski definition) is 4. The summed E-state index contributed by atoms with van der Waals surface area (Å²) >= 11 is 0. The molecular weight excluding hydrogens is 146 g/mol. The third-order valence-corrected chi connectivity index (χ3v) is 1.21. The molecule has 0 heterocycles. The molecule has 0 radical (unpaired) electrons. The second-order valence-electron chi connectivity index (χ2n) is 2.19. The molecule has 0 atom stereocenters. The van der Waals surface area contributed by atoms with Crippen LogP contribution >= 0.6 is 0 Å². The highest BCUT2D eigenvalue weighted by Gasteiger charge is 1.97. The van der Waals surface area contributed by atoms with E-state index in [-0.39, 0.29) is 0 Å². The van der Waals surface area contributed by atoms with Gasteiger partial charge in [0.1, 0.15) is 6.61 Å². The van der Waals surface area contributed by atoms with E-state index in [0.717, 1.165) is 19.4 Å². The van der Waals surface area contributed by atoms with Gasteiger partial charge in [-0.25, -0.2) is 4.79 Å². The van der Waals surface area contributed by atoms with Crippen LogP contribution in [-0.4, -0.2) is 37.9 Å². The van der Waals surface area contributed by atoms with Crippen LogP contribution in [-0.2, 0) is 9.53 Å². The topological polar surface area (TPSA) is 58.6 Å². The van der Waals surface area contributed by atoms with Gasteiger partial charge in [-0.2, -0.15) is 0 Å². The van der Waals surface area contributed by atoms with Crippen molar-refractivity contribution in [3.8, 4) is 0 Å². The zero-order valence-corrected chi connectivity index (χ0v) is 6.80. The van der Waals surface area contributed by atoms with Crippen LogP contribution in [0.2, 0.25) is 0 Å². The quantitative estimate of drug-likeness (QED) is 0.408. The van der Waals surface area contributed by atoms with Crippen molar-refractivity contribution in [2.45, 2.75) is 12.8 Å². The molecule has 0 unspecified atom stereocenters. The van der Waals surface area contributed by atoms with Crippen LogP contribution in [0.4, 0.5) is 0 Å². The lowest BCUT2D eigenvalue weighted by molar-refractivity contribution is -0.146. The molecule has 0 spiro atoms. The van der Waals surface area contributed by atoms with E-state index < -0.39 is 12.6 Å². The molecule has 0 aliphatic rings. The molecule has 11 heavy (non-hydrogen) atoms. The average Bonchev–Trinajstić information content (AvgIpc) is 2.04. The fraction of sp³-hybridized carbons (Fsp3) is 0.857. The first-order valence-electron chi connectivity index (χ1n) is 3.72. The first-order valence-corrected chi connectivity index (χ1v) is 3.72. The molecule has 66 valence electrons. The van der Waals surface area contributed by atoms with Gasteiger partial charge in [0.05, 0.1) is 6.61 Å². The highest BCUT2D eigenvalue weighted by Crippen LogP contribution is 1.88. The summed E-state index contributed by atoms with van der Waals surface area (Å²) in [4.78, 5) is 10.4. The molecule has 0 aromatic carbocycles. The number of esters is 1. The largest absolute Gasteiger partial charge is 0.464 e. The maximum atomic E-state index is 10.4. The van der Waals surface area contributed by atoms with Crippen molar-refractivity contribution >= 4 is 5.97 Å². The van der Waals surface area contributed by atoms with Crippen LogP contribution in [0.1, 0.15) is 12.8 Å². The summed E-state index contributed by atoms with van der Waals surface area (Å²) in [5, 5.41) is 11.2. The molecule has 0 saturated carbocycles. The Kier molecular flexibility index (Phi) is 7.08. The molecular formula is C7H15NO3. The van der Waals surface area contributed by atoms with E-state index in [1.54, 1.807) is 0 Å². The van der Waals surface area contributed by atoms with Gasteiger partial charge < -0.3 is 15.2 Å². The molecule has 0 fully saturated rings. The number of unbranched alkanes of at least 4 members (excludes halogenated alkanes) is 1. The van der Waals surface area contributed by atoms with Crippen LogP contribution in [0.25, 0.3) is 0 Å². The summed E-state index contributed by atoms with van der Waals surface area (Å²) in [6.07, 6.45) is 1.82. The Labute approximate surface area is 66.5 Å². The zero-order valence-electron chi connectivity index (χ0n) is 6.80. The number of hydrogen-bond donors (Lipinski definition) is 2. The van der Waals surface area contributed by atoms with Gasteiger partial charge in [-0.15, -0.1) is 0 Å². The first kappa shape index (κ1) is 10.4. The summed E-state index contributed by atoms with van der Waals surface area (Å²) in [6, 6.07) is 0. The van der Waals surface area contributed by atoms with Crippen LogP contribution in [0.5, 0.6) is 0 Å². The molecule has 0 aliphatic carbocycles. The Morgan fingerprint density at radius 1 is 1.55 bits per heavy atom. The summed E-state index contributed by atoms with van der Waals surface area (Å²) in [6.45, 7) is 0.809. The van der Waals surface area contributed by atoms with Gasteiger partial charge in [0, 0.05) is 0 Å². The van der Waals surface area contributed by atoms with Crippen molar-refractivity contribution < 1.29 is 14.6 Å². The van der Waals surface area contributed by atoms with Crippen LogP contribution in [0.3, 0.4) is 0 Å². The van der Waals surface area contributed by atoms with Crippen LogP contribution in [0, 0.1) is 0 Å². The van der Waals surface area contributed by atoms with E-state index in [9.17, 15) is 4.79 Å². The van der Waals surface area contributed by atoms with E-state index in [1.807, 2.05) is 7.05 Å². The van der Waals surface area contributed by atoms with E-state index in [0.29, 0.717) is 6.61 Å². The first-order chi connectivity index (χ1) is 5.31. The Balaban J connectivity index is 2.95. The molecule has 0 bridgehead atoms. The van der Waals surface area contributed by atoms with Gasteiger partial charge in [-0.1, -0.05) is 0 Å². The molecule has 4 nitrogen and oxygen atoms in total. The average molecular weight is 161 g/mol. The van der Waals surface area contributed by atoms with Gasteiger partial charge in [0.25, 0.3) is 0 Å². The predicted molar refractivity (Wildman–Crippen MR) is 41.2 cm³/mol. The number of rotatable bonds is 6. The van der Waals surface area contributed by atoms with Crippen LogP contribution in [0.15, 0.2) is 0 Å². The summed E-state index contributed by atoms with van der Waals surface area (Å²) in [5.74, 6) is -0.547. The zero-order chi connectivity index (χ0) is 8.53. The van der Waals surface area contributed by atoms with Crippen molar-refractivity contribution in [1.29, 1.82) is 0 Å². The fourth-order valence-electron chi connectivity index (χ4n) is 0.635. The predicted octanol–water partition coefficient (Wildman–Crippen LogP) is -0.479. The third-order valence-electron chi connectivity index (χ3n) is 1.21. The van der Waals surface area contributed by atoms with Gasteiger partial charge in [0.15, 0.2) is 0 Å². The standard InChI is InChI=1S/C7H15NO3/c1-8-4-2-3-5-11-7(10)6-9/h8-9H,2-6H2,1H3. The smallest absolute Gasteiger partial charge is 0.331 e. The van der Waals surface area contributed by atoms with E-state index >= 15 is 0 Å². The lowest BCUT2D eigenvalue weighted by Crippen LogP contribution is -2.12. The van der Waals surface area contributed by atoms with E-state index in [1.165, 1.54) is 0 Å². The third kappa shape index (κ3) is 7.29. The molecule has 0 rings (SSSR count). The number of aliphatic hydroxyl groups is 1. The maximum Gasteiger partial charge on any atom is 0.331 e. The van der Waals surface area contributed by atoms with Crippen molar-refractivity contribution in [2.75, 3.05) is 26.8 Å². The second-order valence-corrected chi connectivity index (χ2v) is 2.19. The molecule has 0 aromatic heterocycles. The molecule has 0 aromatic rings. The normalized spacial score (nSPS) is 9.64. The van der Waals surface area contributed by atoms with Crippen LogP contribution < -0.4 is 5.32 Å². The lowest BCUT2D eigenvalue weighted by Gasteiger charge is -2.01. The molecule has 4 heteroatoms. The van der Waals surface area contributed by atoms with Crippen molar-refractivity contribution in [1.82, 2.24) is 5.32 Å². The van der Waals surface area contributed by atoms with E-state index in [4.69, 9.17) is 5.11 Å². The number of carbonyl (C=O) groups is 1. The second kappa shape index (κ2) is 7.50. The fourth-order valence-corrected chi connectivity index (χ4v) is 0.635. The summed E-state index contributed by atoms with van der Waals surface area (Å²) < 4.78 is 4.62. The van der Waals surface area contributed by atoms with Crippen molar-refractivity contribution in [3.63, 3.8) is 0 Å². The number of aliphatic hydroxyl groups excluding tert-OH is 1. The lowest BCUT2D eigenvalue weighted by atomic mass is 10.3. The molecule has 0 saturated heterocycles. The highest BCUT2D eigenvalue weighted by atomic mass is 16.5. The Bertz CT molecular complexity index is 106. The highest BCUT2D eigenvalue weighted by molar-refractivity contribution is 5.70. The minimum Gasteiger partial charge on any atom is -0.464 e. The number of ether oxygens (including phenoxy) is 1. The summed E-state index contributed by atoms with van der Waals surface area (Å²) in [7, 11) is 1.87. The van der Waals surface area contributed by atoms with Gasteiger partial charge >= 0.3 is 5.97 Å². The van der Waals surface area contributed by atoms with Crippen molar-refractivity contribution in [3.05, 3.63) is 0 Å². The Morgan fingerprint density at radius 2 is 2.27 bits per heavy atom. The monoisotopic (exact) mass is 161 g/mol. The molecule has 2 N–H and O–H groups in total. The maximum absolute atomic E-state index is 10.4. The minimum atomic E-state index is -0.547. The number of carbonyl (C=O) groups excluding carboxylic acids is 1. The minimum absolute atomic E-state index is 0.404. The van der Waals surface area contributed by atoms with Gasteiger partial charge in [-0.05, 0) is 26.4 Å². The molecule has 0 amide bonds. The molecule has 0 aliphatic heterocycles. The van der Waals surface area contributed by atoms with Crippen molar-refractivity contribution in [2.24, 2.45) is 0 Å².